The third kappa shape index (κ3) is 4.53. The summed E-state index contributed by atoms with van der Waals surface area (Å²) in [6.07, 6.45) is 0. The van der Waals surface area contributed by atoms with E-state index >= 15 is 0 Å². The van der Waals surface area contributed by atoms with Crippen LogP contribution < -0.4 is 10.9 Å². The first-order valence-corrected chi connectivity index (χ1v) is 11.6. The second kappa shape index (κ2) is 9.36. The Kier molecular flexibility index (Phi) is 6.55. The second-order valence-electron chi connectivity index (χ2n) is 7.23. The summed E-state index contributed by atoms with van der Waals surface area (Å²) in [6.45, 7) is 3.96. The van der Waals surface area contributed by atoms with Gasteiger partial charge in [-0.05, 0) is 61.4 Å². The molecule has 32 heavy (non-hydrogen) atoms. The van der Waals surface area contributed by atoms with E-state index in [0.29, 0.717) is 31.8 Å². The highest BCUT2D eigenvalue weighted by molar-refractivity contribution is 7.99. The van der Waals surface area contributed by atoms with Gasteiger partial charge in [-0.2, -0.15) is 0 Å². The largest absolute Gasteiger partial charge is 0.324 e. The summed E-state index contributed by atoms with van der Waals surface area (Å²) >= 11 is 13.3. The molecule has 5 nitrogen and oxygen atoms in total. The van der Waals surface area contributed by atoms with Crippen LogP contribution in [0.15, 0.2) is 70.6 Å². The van der Waals surface area contributed by atoms with Gasteiger partial charge >= 0.3 is 0 Å². The molecule has 1 aromatic heterocycles. The maximum absolute atomic E-state index is 13.4. The Hall–Kier alpha value is -2.80. The zero-order valence-corrected chi connectivity index (χ0v) is 19.7. The molecule has 0 saturated heterocycles. The van der Waals surface area contributed by atoms with Crippen LogP contribution in [0.3, 0.4) is 0 Å². The molecule has 0 fully saturated rings. The molecule has 0 saturated carbocycles. The summed E-state index contributed by atoms with van der Waals surface area (Å²) in [7, 11) is 0. The summed E-state index contributed by atoms with van der Waals surface area (Å²) in [4.78, 5) is 30.7. The molecular weight excluding hydrogens is 465 g/mol. The SMILES string of the molecule is Cc1cccc(-n2c(SCC(=O)Nc3ccc(Cl)cc3Cl)nc3ccccc3c2=O)c1C. The van der Waals surface area contributed by atoms with Gasteiger partial charge in [0.05, 0.1) is 33.1 Å². The number of anilines is 1. The zero-order valence-electron chi connectivity index (χ0n) is 17.4. The molecule has 1 amide bonds. The van der Waals surface area contributed by atoms with Crippen LogP contribution in [0.2, 0.25) is 10.0 Å². The minimum Gasteiger partial charge on any atom is -0.324 e. The van der Waals surface area contributed by atoms with Crippen molar-refractivity contribution in [1.82, 2.24) is 9.55 Å². The van der Waals surface area contributed by atoms with Crippen molar-refractivity contribution in [3.05, 3.63) is 92.2 Å². The molecule has 0 aliphatic heterocycles. The highest BCUT2D eigenvalue weighted by atomic mass is 35.5. The molecule has 0 bridgehead atoms. The van der Waals surface area contributed by atoms with Crippen molar-refractivity contribution < 1.29 is 4.79 Å². The molecule has 0 radical (unpaired) electrons. The molecule has 0 aliphatic carbocycles. The van der Waals surface area contributed by atoms with Crippen LogP contribution in [0.25, 0.3) is 16.6 Å². The van der Waals surface area contributed by atoms with Crippen LogP contribution in [0.4, 0.5) is 5.69 Å². The topological polar surface area (TPSA) is 64.0 Å². The van der Waals surface area contributed by atoms with E-state index in [-0.39, 0.29) is 17.2 Å². The predicted octanol–water partition coefficient (Wildman–Crippen LogP) is 6.04. The molecule has 1 heterocycles. The van der Waals surface area contributed by atoms with E-state index in [1.807, 2.05) is 44.2 Å². The zero-order chi connectivity index (χ0) is 22.8. The van der Waals surface area contributed by atoms with Gasteiger partial charge in [-0.25, -0.2) is 4.98 Å². The Bertz CT molecular complexity index is 1400. The number of amides is 1. The van der Waals surface area contributed by atoms with E-state index in [0.717, 1.165) is 16.8 Å². The number of hydrogen-bond donors (Lipinski definition) is 1. The number of halogens is 2. The van der Waals surface area contributed by atoms with Crippen molar-refractivity contribution in [2.75, 3.05) is 11.1 Å². The van der Waals surface area contributed by atoms with Crippen molar-refractivity contribution in [1.29, 1.82) is 0 Å². The van der Waals surface area contributed by atoms with Gasteiger partial charge in [0.15, 0.2) is 5.16 Å². The number of hydrogen-bond acceptors (Lipinski definition) is 4. The molecule has 0 atom stereocenters. The van der Waals surface area contributed by atoms with Gasteiger partial charge in [0.2, 0.25) is 5.91 Å². The number of carbonyl (C=O) groups excluding carboxylic acids is 1. The average Bonchev–Trinajstić information content (AvgIpc) is 2.77. The van der Waals surface area contributed by atoms with Crippen molar-refractivity contribution in [2.24, 2.45) is 0 Å². The van der Waals surface area contributed by atoms with Crippen molar-refractivity contribution in [3.63, 3.8) is 0 Å². The van der Waals surface area contributed by atoms with Crippen molar-refractivity contribution in [3.8, 4) is 5.69 Å². The molecule has 0 aliphatic rings. The van der Waals surface area contributed by atoms with Gasteiger partial charge in [-0.3, -0.25) is 14.2 Å². The van der Waals surface area contributed by atoms with Gasteiger partial charge in [0, 0.05) is 5.02 Å². The van der Waals surface area contributed by atoms with E-state index in [1.165, 1.54) is 11.8 Å². The quantitative estimate of drug-likeness (QED) is 0.277. The number of aromatic nitrogens is 2. The van der Waals surface area contributed by atoms with E-state index in [2.05, 4.69) is 5.32 Å². The first-order chi connectivity index (χ1) is 15.3. The van der Waals surface area contributed by atoms with Gasteiger partial charge in [0.1, 0.15) is 0 Å². The standard InChI is InChI=1S/C24H19Cl2N3O2S/c1-14-6-5-9-21(15(14)2)29-23(31)17-7-3-4-8-19(17)28-24(29)32-13-22(30)27-20-11-10-16(25)12-18(20)26/h3-12H,13H2,1-2H3,(H,27,30). The Morgan fingerprint density at radius 2 is 1.84 bits per heavy atom. The van der Waals surface area contributed by atoms with Gasteiger partial charge < -0.3 is 5.32 Å². The molecule has 162 valence electrons. The molecule has 0 unspecified atom stereocenters. The first-order valence-electron chi connectivity index (χ1n) is 9.81. The highest BCUT2D eigenvalue weighted by Gasteiger charge is 2.17. The summed E-state index contributed by atoms with van der Waals surface area (Å²) in [6, 6.07) is 17.9. The number of para-hydroxylation sites is 1. The van der Waals surface area contributed by atoms with E-state index < -0.39 is 0 Å². The fraction of sp³-hybridized carbons (Fsp3) is 0.125. The number of rotatable bonds is 5. The minimum atomic E-state index is -0.269. The van der Waals surface area contributed by atoms with E-state index in [4.69, 9.17) is 28.2 Å². The maximum atomic E-state index is 13.4. The molecule has 8 heteroatoms. The number of nitrogens with one attached hydrogen (secondary N) is 1. The summed E-state index contributed by atoms with van der Waals surface area (Å²) < 4.78 is 1.58. The monoisotopic (exact) mass is 483 g/mol. The van der Waals surface area contributed by atoms with Crippen LogP contribution in [-0.4, -0.2) is 21.2 Å². The van der Waals surface area contributed by atoms with E-state index in [9.17, 15) is 9.59 Å². The minimum absolute atomic E-state index is 0.0502. The Labute approximate surface area is 199 Å². The summed E-state index contributed by atoms with van der Waals surface area (Å²) in [5.74, 6) is -0.219. The van der Waals surface area contributed by atoms with Gasteiger partial charge in [0.25, 0.3) is 5.56 Å². The number of carbonyl (C=O) groups is 1. The third-order valence-corrected chi connectivity index (χ3v) is 6.59. The summed E-state index contributed by atoms with van der Waals surface area (Å²) in [5, 5.41) is 4.58. The molecule has 4 rings (SSSR count). The lowest BCUT2D eigenvalue weighted by Gasteiger charge is -2.16. The van der Waals surface area contributed by atoms with Crippen molar-refractivity contribution in [2.45, 2.75) is 19.0 Å². The Morgan fingerprint density at radius 1 is 1.06 bits per heavy atom. The van der Waals surface area contributed by atoms with Gasteiger partial charge in [-0.15, -0.1) is 0 Å². The summed E-state index contributed by atoms with van der Waals surface area (Å²) in [5.41, 5.74) is 3.67. The molecular formula is C24H19Cl2N3O2S. The smallest absolute Gasteiger partial charge is 0.266 e. The number of benzene rings is 3. The van der Waals surface area contributed by atoms with Crippen LogP contribution in [0, 0.1) is 13.8 Å². The average molecular weight is 484 g/mol. The van der Waals surface area contributed by atoms with Crippen LogP contribution >= 0.6 is 35.0 Å². The fourth-order valence-electron chi connectivity index (χ4n) is 3.31. The molecule has 1 N–H and O–H groups in total. The Morgan fingerprint density at radius 3 is 2.62 bits per heavy atom. The van der Waals surface area contributed by atoms with Crippen molar-refractivity contribution >= 4 is 57.5 Å². The molecule has 3 aromatic carbocycles. The Balaban J connectivity index is 1.70. The lowest BCUT2D eigenvalue weighted by Crippen LogP contribution is -2.23. The lowest BCUT2D eigenvalue weighted by atomic mass is 10.1. The number of nitrogens with zero attached hydrogens (tertiary/aromatic N) is 2. The number of aryl methyl sites for hydroxylation is 1. The number of fused-ring (bicyclic) bond motifs is 1. The first kappa shape index (κ1) is 22.4. The van der Waals surface area contributed by atoms with Crippen LogP contribution in [-0.2, 0) is 4.79 Å². The van der Waals surface area contributed by atoms with E-state index in [1.54, 1.807) is 34.9 Å². The highest BCUT2D eigenvalue weighted by Crippen LogP contribution is 2.27. The molecule has 0 spiro atoms. The second-order valence-corrected chi connectivity index (χ2v) is 9.02. The van der Waals surface area contributed by atoms with Crippen LogP contribution in [0.5, 0.6) is 0 Å². The third-order valence-electron chi connectivity index (χ3n) is 5.10. The van der Waals surface area contributed by atoms with Crippen LogP contribution in [0.1, 0.15) is 11.1 Å². The lowest BCUT2D eigenvalue weighted by molar-refractivity contribution is -0.113. The molecule has 4 aromatic rings. The van der Waals surface area contributed by atoms with Gasteiger partial charge in [-0.1, -0.05) is 59.2 Å². The number of thioether (sulfide) groups is 1. The fourth-order valence-corrected chi connectivity index (χ4v) is 4.57. The predicted molar refractivity (Wildman–Crippen MR) is 133 cm³/mol. The maximum Gasteiger partial charge on any atom is 0.266 e. The normalized spacial score (nSPS) is 11.0.